The average molecular weight is 358 g/mol. The molecule has 24 heavy (non-hydrogen) atoms. The first-order valence-electron chi connectivity index (χ1n) is 6.90. The molecule has 0 spiro atoms. The predicted octanol–water partition coefficient (Wildman–Crippen LogP) is -0.380. The van der Waals surface area contributed by atoms with Gasteiger partial charge in [0.2, 0.25) is 0 Å². The van der Waals surface area contributed by atoms with Gasteiger partial charge < -0.3 is 20.6 Å². The number of carbonyl (C=O) groups is 3. The summed E-state index contributed by atoms with van der Waals surface area (Å²) in [7, 11) is -1.13. The summed E-state index contributed by atoms with van der Waals surface area (Å²) in [4.78, 5) is 37.0. The van der Waals surface area contributed by atoms with Crippen LogP contribution in [0.3, 0.4) is 0 Å². The van der Waals surface area contributed by atoms with Crippen molar-refractivity contribution >= 4 is 34.9 Å². The third kappa shape index (κ3) is 6.32. The van der Waals surface area contributed by atoms with Crippen molar-refractivity contribution in [3.8, 4) is 0 Å². The molecule has 0 amide bonds. The van der Waals surface area contributed by atoms with Crippen molar-refractivity contribution in [2.24, 2.45) is 4.99 Å². The van der Waals surface area contributed by atoms with Crippen molar-refractivity contribution in [3.05, 3.63) is 23.4 Å². The molecule has 0 saturated carbocycles. The summed E-state index contributed by atoms with van der Waals surface area (Å²) in [6.45, 7) is 0. The summed E-state index contributed by atoms with van der Waals surface area (Å²) in [6, 6.07) is -2.15. The molecule has 3 unspecified atom stereocenters. The van der Waals surface area contributed by atoms with Crippen LogP contribution >= 0.6 is 0 Å². The van der Waals surface area contributed by atoms with E-state index in [9.17, 15) is 18.6 Å². The molecular formula is C14H18N2O7S. The van der Waals surface area contributed by atoms with Crippen molar-refractivity contribution in [1.29, 1.82) is 0 Å². The Bertz CT molecular complexity index is 639. The molecule has 0 aromatic carbocycles. The zero-order chi connectivity index (χ0) is 18.3. The van der Waals surface area contributed by atoms with Gasteiger partial charge in [0.1, 0.15) is 17.8 Å². The van der Waals surface area contributed by atoms with Gasteiger partial charge in [-0.15, -0.1) is 0 Å². The maximum atomic E-state index is 11.1. The van der Waals surface area contributed by atoms with Gasteiger partial charge in [-0.05, 0) is 24.1 Å². The van der Waals surface area contributed by atoms with Crippen LogP contribution in [0, 0.1) is 0 Å². The standard InChI is InChI=1S/C14H18N2O7S/c1-24(23)5-3-9(12(17)18)15-4-2-8-6-10(13(19)20)16-11(7-8)14(21)22/h2,4,6,9,11,16H,3,5,7H2,1H3,(H,17,18)(H,19,20)(H,21,22)/b8-2-,15-4?. The second-order valence-electron chi connectivity index (χ2n) is 5.06. The van der Waals surface area contributed by atoms with Gasteiger partial charge in [-0.1, -0.05) is 0 Å². The number of aliphatic carboxylic acids is 3. The molecule has 132 valence electrons. The number of carboxylic acids is 3. The lowest BCUT2D eigenvalue weighted by molar-refractivity contribution is -0.140. The third-order valence-corrected chi connectivity index (χ3v) is 3.96. The SMILES string of the molecule is CS(=O)CCC(N=C/C=C1/C=C(C(=O)O)NC(C(=O)O)C1)C(=O)O. The van der Waals surface area contributed by atoms with E-state index in [-0.39, 0.29) is 24.3 Å². The normalized spacial score (nSPS) is 21.8. The van der Waals surface area contributed by atoms with Gasteiger partial charge >= 0.3 is 17.9 Å². The van der Waals surface area contributed by atoms with Crippen molar-refractivity contribution in [2.45, 2.75) is 24.9 Å². The molecular weight excluding hydrogens is 340 g/mol. The van der Waals surface area contributed by atoms with Crippen LogP contribution in [0.25, 0.3) is 0 Å². The summed E-state index contributed by atoms with van der Waals surface area (Å²) >= 11 is 0. The molecule has 0 bridgehead atoms. The Hall–Kier alpha value is -2.49. The molecule has 0 fully saturated rings. The predicted molar refractivity (Wildman–Crippen MR) is 86.4 cm³/mol. The van der Waals surface area contributed by atoms with Gasteiger partial charge in [-0.2, -0.15) is 0 Å². The monoisotopic (exact) mass is 358 g/mol. The van der Waals surface area contributed by atoms with Gasteiger partial charge in [0.25, 0.3) is 0 Å². The number of allylic oxidation sites excluding steroid dienone is 2. The highest BCUT2D eigenvalue weighted by Gasteiger charge is 2.26. The van der Waals surface area contributed by atoms with Gasteiger partial charge in [0.05, 0.1) is 0 Å². The number of hydrogen-bond acceptors (Lipinski definition) is 6. The van der Waals surface area contributed by atoms with E-state index in [1.807, 2.05) is 0 Å². The van der Waals surface area contributed by atoms with Crippen LogP contribution in [-0.4, -0.2) is 67.7 Å². The summed E-state index contributed by atoms with van der Waals surface area (Å²) < 4.78 is 11.0. The highest BCUT2D eigenvalue weighted by Crippen LogP contribution is 2.16. The topological polar surface area (TPSA) is 153 Å². The van der Waals surface area contributed by atoms with E-state index in [4.69, 9.17) is 15.3 Å². The van der Waals surface area contributed by atoms with Crippen molar-refractivity contribution < 1.29 is 33.9 Å². The second-order valence-corrected chi connectivity index (χ2v) is 6.62. The first kappa shape index (κ1) is 19.6. The molecule has 9 nitrogen and oxygen atoms in total. The fourth-order valence-electron chi connectivity index (χ4n) is 1.93. The van der Waals surface area contributed by atoms with Crippen LogP contribution in [0.1, 0.15) is 12.8 Å². The summed E-state index contributed by atoms with van der Waals surface area (Å²) in [5.74, 6) is -3.46. The molecule has 1 aliphatic heterocycles. The molecule has 0 aromatic rings. The number of rotatable bonds is 8. The summed E-state index contributed by atoms with van der Waals surface area (Å²) in [5.41, 5.74) is 0.134. The minimum absolute atomic E-state index is 0.0366. The van der Waals surface area contributed by atoms with Crippen LogP contribution in [0.15, 0.2) is 28.4 Å². The molecule has 3 atom stereocenters. The smallest absolute Gasteiger partial charge is 0.351 e. The molecule has 0 radical (unpaired) electrons. The van der Waals surface area contributed by atoms with Crippen LogP contribution in [0.2, 0.25) is 0 Å². The Kier molecular flexibility index (Phi) is 7.31. The molecule has 0 aliphatic carbocycles. The van der Waals surface area contributed by atoms with Crippen molar-refractivity contribution in [3.63, 3.8) is 0 Å². The zero-order valence-corrected chi connectivity index (χ0v) is 13.7. The van der Waals surface area contributed by atoms with Crippen molar-refractivity contribution in [1.82, 2.24) is 5.32 Å². The van der Waals surface area contributed by atoms with Gasteiger partial charge in [-0.3, -0.25) is 9.20 Å². The molecule has 0 saturated heterocycles. The van der Waals surface area contributed by atoms with E-state index in [0.29, 0.717) is 5.57 Å². The fraction of sp³-hybridized carbons (Fsp3) is 0.429. The number of aliphatic imine (C=N–C) groups is 1. The van der Waals surface area contributed by atoms with Crippen molar-refractivity contribution in [2.75, 3.05) is 12.0 Å². The molecule has 10 heteroatoms. The maximum absolute atomic E-state index is 11.1. The van der Waals surface area contributed by atoms with E-state index in [2.05, 4.69) is 10.3 Å². The maximum Gasteiger partial charge on any atom is 0.351 e. The van der Waals surface area contributed by atoms with Gasteiger partial charge in [0.15, 0.2) is 0 Å². The Morgan fingerprint density at radius 3 is 2.58 bits per heavy atom. The highest BCUT2D eigenvalue weighted by atomic mass is 32.2. The minimum atomic E-state index is -1.29. The van der Waals surface area contributed by atoms with E-state index in [0.717, 1.165) is 0 Å². The summed E-state index contributed by atoms with van der Waals surface area (Å²) in [6.07, 6.45) is 5.45. The average Bonchev–Trinajstić information content (AvgIpc) is 2.49. The highest BCUT2D eigenvalue weighted by molar-refractivity contribution is 7.84. The first-order chi connectivity index (χ1) is 11.2. The molecule has 4 N–H and O–H groups in total. The molecule has 1 aliphatic rings. The van der Waals surface area contributed by atoms with E-state index in [1.54, 1.807) is 0 Å². The Morgan fingerprint density at radius 2 is 2.08 bits per heavy atom. The minimum Gasteiger partial charge on any atom is -0.480 e. The van der Waals surface area contributed by atoms with Crippen LogP contribution < -0.4 is 5.32 Å². The number of nitrogens with zero attached hydrogens (tertiary/aromatic N) is 1. The Morgan fingerprint density at radius 1 is 1.42 bits per heavy atom. The van der Waals surface area contributed by atoms with Gasteiger partial charge in [-0.25, -0.2) is 14.4 Å². The molecule has 1 rings (SSSR count). The second kappa shape index (κ2) is 8.96. The number of hydrogen-bond donors (Lipinski definition) is 4. The lowest BCUT2D eigenvalue weighted by Gasteiger charge is -2.21. The van der Waals surface area contributed by atoms with Crippen LogP contribution in [0.5, 0.6) is 0 Å². The number of nitrogens with one attached hydrogen (secondary N) is 1. The third-order valence-electron chi connectivity index (χ3n) is 3.15. The number of carboxylic acid groups (broad SMARTS) is 3. The van der Waals surface area contributed by atoms with Crippen LogP contribution in [-0.2, 0) is 25.2 Å². The molecule has 1 heterocycles. The fourth-order valence-corrected chi connectivity index (χ4v) is 2.49. The largest absolute Gasteiger partial charge is 0.480 e. The Labute approximate surface area is 140 Å². The van der Waals surface area contributed by atoms with E-state index < -0.39 is 40.8 Å². The quantitative estimate of drug-likeness (QED) is 0.428. The van der Waals surface area contributed by atoms with Crippen LogP contribution in [0.4, 0.5) is 0 Å². The Balaban J connectivity index is 2.90. The van der Waals surface area contributed by atoms with E-state index in [1.165, 1.54) is 24.6 Å². The first-order valence-corrected chi connectivity index (χ1v) is 8.63. The van der Waals surface area contributed by atoms with Gasteiger partial charge in [0, 0.05) is 35.4 Å². The zero-order valence-electron chi connectivity index (χ0n) is 12.8. The summed E-state index contributed by atoms with van der Waals surface area (Å²) in [5, 5.41) is 29.4. The van der Waals surface area contributed by atoms with E-state index >= 15 is 0 Å². The molecule has 0 aromatic heterocycles. The lowest BCUT2D eigenvalue weighted by atomic mass is 10.00. The lowest BCUT2D eigenvalue weighted by Crippen LogP contribution is -2.41.